The molecule has 5 heteroatoms. The molecule has 0 bridgehead atoms. The number of nitro groups is 1. The van der Waals surface area contributed by atoms with Crippen molar-refractivity contribution in [3.63, 3.8) is 0 Å². The lowest BCUT2D eigenvalue weighted by atomic mass is 10.2. The first-order valence-corrected chi connectivity index (χ1v) is 4.74. The van der Waals surface area contributed by atoms with E-state index in [0.29, 0.717) is 16.7 Å². The Morgan fingerprint density at radius 1 is 1.62 bits per heavy atom. The van der Waals surface area contributed by atoms with E-state index in [9.17, 15) is 10.1 Å². The van der Waals surface area contributed by atoms with Crippen molar-refractivity contribution < 1.29 is 4.92 Å². The zero-order chi connectivity index (χ0) is 9.84. The maximum atomic E-state index is 10.6. The summed E-state index contributed by atoms with van der Waals surface area (Å²) in [4.78, 5) is 14.2. The molecule has 0 amide bonds. The Morgan fingerprint density at radius 3 is 2.85 bits per heavy atom. The zero-order valence-corrected chi connectivity index (χ0v) is 8.74. The van der Waals surface area contributed by atoms with Crippen LogP contribution < -0.4 is 0 Å². The van der Waals surface area contributed by atoms with E-state index in [-0.39, 0.29) is 5.69 Å². The molecule has 1 aromatic rings. The van der Waals surface area contributed by atoms with Gasteiger partial charge in [0.1, 0.15) is 10.3 Å². The molecule has 0 fully saturated rings. The van der Waals surface area contributed by atoms with Gasteiger partial charge >= 0.3 is 0 Å². The lowest BCUT2D eigenvalue weighted by Crippen LogP contribution is -1.98. The molecule has 0 unspecified atom stereocenters. The average molecular weight is 245 g/mol. The van der Waals surface area contributed by atoms with Gasteiger partial charge in [-0.2, -0.15) is 0 Å². The molecule has 1 aromatic heterocycles. The van der Waals surface area contributed by atoms with Crippen LogP contribution >= 0.6 is 15.9 Å². The van der Waals surface area contributed by atoms with Gasteiger partial charge in [-0.25, -0.2) is 4.98 Å². The smallest absolute Gasteiger partial charge is 0.258 e. The highest BCUT2D eigenvalue weighted by Gasteiger charge is 2.13. The number of hydrogen-bond donors (Lipinski definition) is 0. The van der Waals surface area contributed by atoms with Gasteiger partial charge in [-0.3, -0.25) is 10.1 Å². The van der Waals surface area contributed by atoms with Crippen LogP contribution in [0.25, 0.3) is 0 Å². The molecular weight excluding hydrogens is 236 g/mol. The van der Waals surface area contributed by atoms with Crippen LogP contribution in [0.1, 0.15) is 19.0 Å². The molecule has 0 N–H and O–H groups in total. The van der Waals surface area contributed by atoms with Crippen LogP contribution in [-0.4, -0.2) is 9.91 Å². The van der Waals surface area contributed by atoms with Gasteiger partial charge in [0, 0.05) is 6.07 Å². The van der Waals surface area contributed by atoms with E-state index in [1.165, 1.54) is 6.07 Å². The van der Waals surface area contributed by atoms with E-state index in [1.54, 1.807) is 6.07 Å². The van der Waals surface area contributed by atoms with Gasteiger partial charge in [-0.15, -0.1) is 0 Å². The number of rotatable bonds is 3. The first kappa shape index (κ1) is 10.1. The summed E-state index contributed by atoms with van der Waals surface area (Å²) in [5, 5.41) is 10.6. The van der Waals surface area contributed by atoms with Gasteiger partial charge in [0.2, 0.25) is 0 Å². The predicted molar refractivity (Wildman–Crippen MR) is 52.6 cm³/mol. The van der Waals surface area contributed by atoms with Crippen LogP contribution in [0.4, 0.5) is 5.69 Å². The average Bonchev–Trinajstić information content (AvgIpc) is 2.04. The maximum absolute atomic E-state index is 10.6. The van der Waals surface area contributed by atoms with Gasteiger partial charge < -0.3 is 0 Å². The molecule has 0 spiro atoms. The fourth-order valence-corrected chi connectivity index (χ4v) is 1.40. The third-order valence-corrected chi connectivity index (χ3v) is 2.04. The van der Waals surface area contributed by atoms with E-state index in [2.05, 4.69) is 20.9 Å². The topological polar surface area (TPSA) is 56.0 Å². The second kappa shape index (κ2) is 4.32. The molecule has 0 saturated heterocycles. The Balaban J connectivity index is 3.10. The van der Waals surface area contributed by atoms with Crippen LogP contribution in [0.2, 0.25) is 0 Å². The highest BCUT2D eigenvalue weighted by Crippen LogP contribution is 2.20. The minimum Gasteiger partial charge on any atom is -0.258 e. The molecule has 0 radical (unpaired) electrons. The first-order chi connectivity index (χ1) is 6.15. The second-order valence-corrected chi connectivity index (χ2v) is 3.42. The van der Waals surface area contributed by atoms with Crippen molar-refractivity contribution in [3.05, 3.63) is 32.5 Å². The van der Waals surface area contributed by atoms with Gasteiger partial charge in [-0.05, 0) is 28.4 Å². The largest absolute Gasteiger partial charge is 0.290 e. The lowest BCUT2D eigenvalue weighted by Gasteiger charge is -1.99. The molecule has 13 heavy (non-hydrogen) atoms. The van der Waals surface area contributed by atoms with Crippen molar-refractivity contribution in [2.45, 2.75) is 19.8 Å². The van der Waals surface area contributed by atoms with Crippen molar-refractivity contribution in [3.8, 4) is 0 Å². The number of halogens is 1. The predicted octanol–water partition coefficient (Wildman–Crippen LogP) is 2.70. The Morgan fingerprint density at radius 2 is 2.31 bits per heavy atom. The summed E-state index contributed by atoms with van der Waals surface area (Å²) in [7, 11) is 0. The molecule has 0 saturated carbocycles. The molecule has 1 rings (SSSR count). The highest BCUT2D eigenvalue weighted by molar-refractivity contribution is 9.10. The number of aromatic nitrogens is 1. The summed E-state index contributed by atoms with van der Waals surface area (Å²) in [6, 6.07) is 3.05. The number of nitrogens with zero attached hydrogens (tertiary/aromatic N) is 2. The zero-order valence-electron chi connectivity index (χ0n) is 7.16. The van der Waals surface area contributed by atoms with E-state index in [0.717, 1.165) is 6.42 Å². The summed E-state index contributed by atoms with van der Waals surface area (Å²) in [5.41, 5.74) is 0.645. The lowest BCUT2D eigenvalue weighted by molar-refractivity contribution is -0.386. The summed E-state index contributed by atoms with van der Waals surface area (Å²) in [6.45, 7) is 1.96. The normalized spacial score (nSPS) is 10.0. The quantitative estimate of drug-likeness (QED) is 0.467. The van der Waals surface area contributed by atoms with Gasteiger partial charge in [0.15, 0.2) is 0 Å². The number of pyridine rings is 1. The summed E-state index contributed by atoms with van der Waals surface area (Å²) >= 11 is 3.18. The van der Waals surface area contributed by atoms with E-state index in [1.807, 2.05) is 6.92 Å². The molecule has 1 heterocycles. The number of aryl methyl sites for hydroxylation is 1. The Labute approximate surface area is 84.3 Å². The molecular formula is C8H9BrN2O2. The molecule has 70 valence electrons. The van der Waals surface area contributed by atoms with Crippen LogP contribution in [0.3, 0.4) is 0 Å². The van der Waals surface area contributed by atoms with E-state index < -0.39 is 4.92 Å². The summed E-state index contributed by atoms with van der Waals surface area (Å²) in [5.74, 6) is 0. The first-order valence-electron chi connectivity index (χ1n) is 3.95. The van der Waals surface area contributed by atoms with Crippen molar-refractivity contribution >= 4 is 21.6 Å². The minimum absolute atomic E-state index is 0.102. The second-order valence-electron chi connectivity index (χ2n) is 2.61. The Hall–Kier alpha value is -0.970. The maximum Gasteiger partial charge on any atom is 0.290 e. The van der Waals surface area contributed by atoms with Crippen molar-refractivity contribution in [1.29, 1.82) is 0 Å². The van der Waals surface area contributed by atoms with Gasteiger partial charge in [-0.1, -0.05) is 13.3 Å². The van der Waals surface area contributed by atoms with Gasteiger partial charge in [0.05, 0.1) is 4.92 Å². The molecule has 0 atom stereocenters. The van der Waals surface area contributed by atoms with Crippen molar-refractivity contribution in [2.24, 2.45) is 0 Å². The number of hydrogen-bond acceptors (Lipinski definition) is 3. The Bertz CT molecular complexity index is 328. The fourth-order valence-electron chi connectivity index (χ4n) is 1.05. The molecule has 0 aliphatic heterocycles. The fraction of sp³-hybridized carbons (Fsp3) is 0.375. The van der Waals surface area contributed by atoms with Crippen LogP contribution in [0, 0.1) is 10.1 Å². The van der Waals surface area contributed by atoms with Crippen LogP contribution in [-0.2, 0) is 6.42 Å². The third-order valence-electron chi connectivity index (χ3n) is 1.60. The highest BCUT2D eigenvalue weighted by atomic mass is 79.9. The molecule has 0 aliphatic rings. The standard InChI is InChI=1S/C8H9BrN2O2/c1-2-3-6-7(11(12)13)4-5-8(9)10-6/h4-5H,2-3H2,1H3. The SMILES string of the molecule is CCCc1nc(Br)ccc1[N+](=O)[O-]. The Kier molecular flexibility index (Phi) is 3.36. The van der Waals surface area contributed by atoms with Gasteiger partial charge in [0.25, 0.3) is 5.69 Å². The monoisotopic (exact) mass is 244 g/mol. The minimum atomic E-state index is -0.398. The molecule has 0 aromatic carbocycles. The van der Waals surface area contributed by atoms with E-state index >= 15 is 0 Å². The van der Waals surface area contributed by atoms with E-state index in [4.69, 9.17) is 0 Å². The van der Waals surface area contributed by atoms with Crippen LogP contribution in [0.5, 0.6) is 0 Å². The molecule has 0 aliphatic carbocycles. The van der Waals surface area contributed by atoms with Crippen LogP contribution in [0.15, 0.2) is 16.7 Å². The van der Waals surface area contributed by atoms with Crippen molar-refractivity contribution in [1.82, 2.24) is 4.98 Å². The summed E-state index contributed by atoms with van der Waals surface area (Å²) < 4.78 is 0.640. The summed E-state index contributed by atoms with van der Waals surface area (Å²) in [6.07, 6.45) is 1.49. The third kappa shape index (κ3) is 2.48. The molecule has 4 nitrogen and oxygen atoms in total. The van der Waals surface area contributed by atoms with Crippen molar-refractivity contribution in [2.75, 3.05) is 0 Å².